The van der Waals surface area contributed by atoms with Gasteiger partial charge in [0.15, 0.2) is 0 Å². The number of nitrogens with one attached hydrogen (secondary N) is 1. The maximum Gasteiger partial charge on any atom is 0.264 e. The van der Waals surface area contributed by atoms with E-state index in [0.29, 0.717) is 4.88 Å². The van der Waals surface area contributed by atoms with Crippen LogP contribution in [0.25, 0.3) is 0 Å². The fourth-order valence-corrected chi connectivity index (χ4v) is 3.66. The molecule has 1 N–H and O–H groups in total. The Kier molecular flexibility index (Phi) is 2.55. The van der Waals surface area contributed by atoms with Crippen molar-refractivity contribution in [2.45, 2.75) is 37.6 Å². The van der Waals surface area contributed by atoms with Gasteiger partial charge in [0, 0.05) is 5.54 Å². The molecule has 5 heteroatoms. The molecule has 2 fully saturated rings. The van der Waals surface area contributed by atoms with E-state index in [2.05, 4.69) is 25.6 Å². The van der Waals surface area contributed by atoms with E-state index in [1.54, 1.807) is 6.20 Å². The number of rotatable bonds is 3. The van der Waals surface area contributed by atoms with Gasteiger partial charge < -0.3 is 5.32 Å². The first-order chi connectivity index (χ1) is 7.71. The predicted molar refractivity (Wildman–Crippen MR) is 66.6 cm³/mol. The Morgan fingerprint density at radius 3 is 2.75 bits per heavy atom. The monoisotopic (exact) mass is 300 g/mol. The summed E-state index contributed by atoms with van der Waals surface area (Å²) in [5, 5.41) is 3.24. The van der Waals surface area contributed by atoms with E-state index in [1.807, 2.05) is 0 Å². The highest BCUT2D eigenvalue weighted by molar-refractivity contribution is 9.10. The summed E-state index contributed by atoms with van der Waals surface area (Å²) in [6.45, 7) is 0. The highest BCUT2D eigenvalue weighted by atomic mass is 79.9. The number of carbonyl (C=O) groups is 1. The molecule has 3 rings (SSSR count). The van der Waals surface area contributed by atoms with Gasteiger partial charge in [0.25, 0.3) is 5.91 Å². The molecule has 86 valence electrons. The third kappa shape index (κ3) is 1.70. The average molecular weight is 301 g/mol. The molecule has 0 spiro atoms. The third-order valence-corrected chi connectivity index (χ3v) is 5.36. The van der Waals surface area contributed by atoms with Gasteiger partial charge in [-0.05, 0) is 65.5 Å². The Morgan fingerprint density at radius 2 is 2.31 bits per heavy atom. The molecule has 1 heterocycles. The SMILES string of the molecule is O=C(NC1(C2CC2)CCC1)c1sncc1Br. The van der Waals surface area contributed by atoms with Crippen LogP contribution in [-0.2, 0) is 0 Å². The molecule has 2 saturated carbocycles. The predicted octanol–water partition coefficient (Wildman–Crippen LogP) is 2.97. The van der Waals surface area contributed by atoms with E-state index >= 15 is 0 Å². The van der Waals surface area contributed by atoms with E-state index in [1.165, 1.54) is 30.8 Å². The van der Waals surface area contributed by atoms with Crippen molar-refractivity contribution in [2.75, 3.05) is 0 Å². The maximum atomic E-state index is 12.1. The largest absolute Gasteiger partial charge is 0.346 e. The number of halogens is 1. The summed E-state index contributed by atoms with van der Waals surface area (Å²) < 4.78 is 4.82. The molecule has 0 radical (unpaired) electrons. The number of nitrogens with zero attached hydrogens (tertiary/aromatic N) is 1. The highest BCUT2D eigenvalue weighted by Gasteiger charge is 2.50. The molecule has 0 unspecified atom stereocenters. The van der Waals surface area contributed by atoms with Crippen molar-refractivity contribution >= 4 is 33.4 Å². The van der Waals surface area contributed by atoms with Crippen LogP contribution in [0, 0.1) is 5.92 Å². The molecular weight excluding hydrogens is 288 g/mol. The summed E-state index contributed by atoms with van der Waals surface area (Å²) in [7, 11) is 0. The minimum absolute atomic E-state index is 0.0426. The van der Waals surface area contributed by atoms with Crippen LogP contribution in [0.4, 0.5) is 0 Å². The second kappa shape index (κ2) is 3.81. The standard InChI is InChI=1S/C11H13BrN2OS/c12-8-6-13-16-9(8)10(15)14-11(4-1-5-11)7-2-3-7/h6-7H,1-5H2,(H,14,15). The number of carbonyl (C=O) groups excluding carboxylic acids is 1. The zero-order chi connectivity index (χ0) is 11.2. The van der Waals surface area contributed by atoms with Crippen molar-refractivity contribution in [1.82, 2.24) is 9.69 Å². The van der Waals surface area contributed by atoms with Crippen LogP contribution in [-0.4, -0.2) is 15.8 Å². The number of hydrogen-bond acceptors (Lipinski definition) is 3. The molecule has 0 aromatic carbocycles. The lowest BCUT2D eigenvalue weighted by Gasteiger charge is -2.43. The summed E-state index contributed by atoms with van der Waals surface area (Å²) in [6, 6.07) is 0. The Balaban J connectivity index is 1.74. The molecule has 0 atom stereocenters. The maximum absolute atomic E-state index is 12.1. The highest BCUT2D eigenvalue weighted by Crippen LogP contribution is 2.50. The molecule has 3 nitrogen and oxygen atoms in total. The van der Waals surface area contributed by atoms with Crippen LogP contribution in [0.5, 0.6) is 0 Å². The number of hydrogen-bond donors (Lipinski definition) is 1. The van der Waals surface area contributed by atoms with Crippen molar-refractivity contribution in [1.29, 1.82) is 0 Å². The first-order valence-corrected chi connectivity index (χ1v) is 7.21. The van der Waals surface area contributed by atoms with Gasteiger partial charge in [0.05, 0.1) is 10.7 Å². The van der Waals surface area contributed by atoms with E-state index < -0.39 is 0 Å². The van der Waals surface area contributed by atoms with Gasteiger partial charge >= 0.3 is 0 Å². The Bertz CT molecular complexity index is 423. The second-order valence-electron chi connectivity index (χ2n) is 4.74. The Hall–Kier alpha value is -0.420. The van der Waals surface area contributed by atoms with E-state index in [4.69, 9.17) is 0 Å². The second-order valence-corrected chi connectivity index (χ2v) is 6.40. The molecule has 0 bridgehead atoms. The summed E-state index contributed by atoms with van der Waals surface area (Å²) in [5.41, 5.74) is 0.126. The number of aromatic nitrogens is 1. The van der Waals surface area contributed by atoms with Crippen LogP contribution >= 0.6 is 27.5 Å². The van der Waals surface area contributed by atoms with Crippen molar-refractivity contribution in [3.8, 4) is 0 Å². The fourth-order valence-electron chi connectivity index (χ4n) is 2.49. The van der Waals surface area contributed by atoms with Crippen molar-refractivity contribution in [3.05, 3.63) is 15.5 Å². The molecule has 1 aromatic rings. The third-order valence-electron chi connectivity index (χ3n) is 3.70. The van der Waals surface area contributed by atoms with Crippen LogP contribution in [0.2, 0.25) is 0 Å². The van der Waals surface area contributed by atoms with E-state index in [-0.39, 0.29) is 11.4 Å². The van der Waals surface area contributed by atoms with Gasteiger partial charge in [0.1, 0.15) is 4.88 Å². The van der Waals surface area contributed by atoms with Gasteiger partial charge in [-0.15, -0.1) is 0 Å². The van der Waals surface area contributed by atoms with Gasteiger partial charge in [-0.2, -0.15) is 4.37 Å². The molecule has 2 aliphatic rings. The fraction of sp³-hybridized carbons (Fsp3) is 0.636. The van der Waals surface area contributed by atoms with Gasteiger partial charge in [-0.3, -0.25) is 4.79 Å². The Morgan fingerprint density at radius 1 is 1.56 bits per heavy atom. The lowest BCUT2D eigenvalue weighted by molar-refractivity contribution is 0.0791. The Labute approximate surface area is 107 Å². The molecule has 0 aliphatic heterocycles. The smallest absolute Gasteiger partial charge is 0.264 e. The summed E-state index contributed by atoms with van der Waals surface area (Å²) in [4.78, 5) is 12.8. The lowest BCUT2D eigenvalue weighted by atomic mass is 9.73. The van der Waals surface area contributed by atoms with Crippen molar-refractivity contribution < 1.29 is 4.79 Å². The minimum Gasteiger partial charge on any atom is -0.346 e. The molecule has 1 amide bonds. The molecule has 0 saturated heterocycles. The zero-order valence-corrected chi connectivity index (χ0v) is 11.2. The van der Waals surface area contributed by atoms with Crippen LogP contribution in [0.1, 0.15) is 41.8 Å². The van der Waals surface area contributed by atoms with E-state index in [0.717, 1.165) is 23.2 Å². The van der Waals surface area contributed by atoms with Crippen molar-refractivity contribution in [3.63, 3.8) is 0 Å². The summed E-state index contributed by atoms with van der Waals surface area (Å²) in [6.07, 6.45) is 7.80. The van der Waals surface area contributed by atoms with Crippen LogP contribution in [0.15, 0.2) is 10.7 Å². The van der Waals surface area contributed by atoms with Crippen LogP contribution < -0.4 is 5.32 Å². The zero-order valence-electron chi connectivity index (χ0n) is 8.83. The molecular formula is C11H13BrN2OS. The van der Waals surface area contributed by atoms with Crippen molar-refractivity contribution in [2.24, 2.45) is 5.92 Å². The molecule has 1 aromatic heterocycles. The number of amides is 1. The summed E-state index contributed by atoms with van der Waals surface area (Å²) >= 11 is 4.61. The first-order valence-electron chi connectivity index (χ1n) is 5.64. The van der Waals surface area contributed by atoms with E-state index in [9.17, 15) is 4.79 Å². The summed E-state index contributed by atoms with van der Waals surface area (Å²) in [5.74, 6) is 0.776. The minimum atomic E-state index is 0.0426. The molecule has 16 heavy (non-hydrogen) atoms. The quantitative estimate of drug-likeness (QED) is 0.932. The van der Waals surface area contributed by atoms with Gasteiger partial charge in [-0.25, -0.2) is 0 Å². The topological polar surface area (TPSA) is 42.0 Å². The first kappa shape index (κ1) is 10.7. The lowest BCUT2D eigenvalue weighted by Crippen LogP contribution is -2.55. The molecule has 2 aliphatic carbocycles. The van der Waals surface area contributed by atoms with Crippen LogP contribution in [0.3, 0.4) is 0 Å². The average Bonchev–Trinajstić information content (AvgIpc) is 2.95. The van der Waals surface area contributed by atoms with Gasteiger partial charge in [0.2, 0.25) is 0 Å². The van der Waals surface area contributed by atoms with Gasteiger partial charge in [-0.1, -0.05) is 0 Å². The normalized spacial score (nSPS) is 22.6.